The van der Waals surface area contributed by atoms with Crippen LogP contribution in [0, 0.1) is 0 Å². The van der Waals surface area contributed by atoms with E-state index in [1.165, 1.54) is 12.0 Å². The van der Waals surface area contributed by atoms with Crippen molar-refractivity contribution in [1.29, 1.82) is 0 Å². The summed E-state index contributed by atoms with van der Waals surface area (Å²) in [7, 11) is 1.79. The quantitative estimate of drug-likeness (QED) is 0.478. The van der Waals surface area contributed by atoms with Crippen molar-refractivity contribution < 1.29 is 4.74 Å². The number of hydrogen-bond acceptors (Lipinski definition) is 3. The van der Waals surface area contributed by atoms with Crippen molar-refractivity contribution in [3.8, 4) is 0 Å². The number of nitrogens with one attached hydrogen (secondary N) is 2. The zero-order chi connectivity index (χ0) is 11.9. The number of thiophene rings is 1. The van der Waals surface area contributed by atoms with Crippen LogP contribution in [0.3, 0.4) is 0 Å². The van der Waals surface area contributed by atoms with Crippen LogP contribution in [0.2, 0.25) is 0 Å². The van der Waals surface area contributed by atoms with Gasteiger partial charge in [-0.1, -0.05) is 0 Å². The summed E-state index contributed by atoms with van der Waals surface area (Å²) in [5.74, 6) is 0.840. The molecular weight excluding hydrogens is 361 g/mol. The molecule has 0 spiro atoms. The summed E-state index contributed by atoms with van der Waals surface area (Å²) in [6.07, 6.45) is 2.66. The normalized spacial score (nSPS) is 19.4. The lowest BCUT2D eigenvalue weighted by atomic mass is 10.2. The van der Waals surface area contributed by atoms with Crippen LogP contribution in [-0.2, 0) is 11.3 Å². The summed E-state index contributed by atoms with van der Waals surface area (Å²) in [6, 6.07) is 2.12. The van der Waals surface area contributed by atoms with Crippen molar-refractivity contribution in [2.75, 3.05) is 20.2 Å². The molecule has 0 aromatic carbocycles. The lowest BCUT2D eigenvalue weighted by Crippen LogP contribution is -2.40. The molecule has 0 aliphatic carbocycles. The molecule has 1 aliphatic rings. The Kier molecular flexibility index (Phi) is 7.60. The lowest BCUT2D eigenvalue weighted by Gasteiger charge is -2.14. The molecule has 2 heterocycles. The summed E-state index contributed by atoms with van der Waals surface area (Å²) >= 11 is 1.71. The second kappa shape index (κ2) is 8.71. The van der Waals surface area contributed by atoms with Crippen LogP contribution in [0.15, 0.2) is 21.8 Å². The molecule has 1 fully saturated rings. The molecule has 1 saturated heterocycles. The predicted molar refractivity (Wildman–Crippen MR) is 86.9 cm³/mol. The molecule has 0 saturated carbocycles. The van der Waals surface area contributed by atoms with Crippen LogP contribution in [-0.4, -0.2) is 32.3 Å². The van der Waals surface area contributed by atoms with Gasteiger partial charge >= 0.3 is 0 Å². The maximum atomic E-state index is 5.55. The van der Waals surface area contributed by atoms with E-state index in [0.29, 0.717) is 6.10 Å². The van der Waals surface area contributed by atoms with Crippen LogP contribution in [0.25, 0.3) is 0 Å². The van der Waals surface area contributed by atoms with Gasteiger partial charge in [0, 0.05) is 26.7 Å². The first-order chi connectivity index (χ1) is 8.38. The van der Waals surface area contributed by atoms with Crippen LogP contribution in [0.4, 0.5) is 0 Å². The van der Waals surface area contributed by atoms with E-state index in [1.807, 2.05) is 0 Å². The zero-order valence-electron chi connectivity index (χ0n) is 10.5. The average Bonchev–Trinajstić information content (AvgIpc) is 3.02. The van der Waals surface area contributed by atoms with Crippen LogP contribution in [0.5, 0.6) is 0 Å². The molecule has 1 unspecified atom stereocenters. The molecule has 2 rings (SSSR count). The summed E-state index contributed by atoms with van der Waals surface area (Å²) < 4.78 is 5.55. The van der Waals surface area contributed by atoms with E-state index in [9.17, 15) is 0 Å². The molecule has 1 atom stereocenters. The van der Waals surface area contributed by atoms with E-state index in [0.717, 1.165) is 32.1 Å². The third kappa shape index (κ3) is 5.11. The van der Waals surface area contributed by atoms with Crippen molar-refractivity contribution in [1.82, 2.24) is 10.6 Å². The fourth-order valence-electron chi connectivity index (χ4n) is 1.82. The Hall–Kier alpha value is -0.340. The Balaban J connectivity index is 0.00000162. The van der Waals surface area contributed by atoms with Crippen molar-refractivity contribution in [3.05, 3.63) is 22.4 Å². The van der Waals surface area contributed by atoms with Gasteiger partial charge < -0.3 is 15.4 Å². The number of nitrogens with zero attached hydrogens (tertiary/aromatic N) is 1. The second-order valence-corrected chi connectivity index (χ2v) is 4.85. The number of ether oxygens (including phenoxy) is 1. The summed E-state index contributed by atoms with van der Waals surface area (Å²) in [6.45, 7) is 2.55. The highest BCUT2D eigenvalue weighted by Gasteiger charge is 2.15. The number of aliphatic imine (C=N–C) groups is 1. The van der Waals surface area contributed by atoms with Crippen molar-refractivity contribution in [3.63, 3.8) is 0 Å². The summed E-state index contributed by atoms with van der Waals surface area (Å²) in [5.41, 5.74) is 1.29. The Labute approximate surface area is 129 Å². The van der Waals surface area contributed by atoms with Gasteiger partial charge in [-0.2, -0.15) is 11.3 Å². The van der Waals surface area contributed by atoms with Gasteiger partial charge in [-0.05, 0) is 35.2 Å². The van der Waals surface area contributed by atoms with E-state index >= 15 is 0 Å². The Morgan fingerprint density at radius 1 is 1.56 bits per heavy atom. The predicted octanol–water partition coefficient (Wildman–Crippen LogP) is 2.21. The van der Waals surface area contributed by atoms with Gasteiger partial charge in [-0.15, -0.1) is 24.0 Å². The first-order valence-corrected chi connectivity index (χ1v) is 6.90. The van der Waals surface area contributed by atoms with Crippen molar-refractivity contribution in [2.45, 2.75) is 25.5 Å². The first kappa shape index (κ1) is 15.7. The molecule has 1 aromatic heterocycles. The fraction of sp³-hybridized carbons (Fsp3) is 0.583. The van der Waals surface area contributed by atoms with Crippen molar-refractivity contribution >= 4 is 41.3 Å². The Morgan fingerprint density at radius 3 is 3.06 bits per heavy atom. The minimum absolute atomic E-state index is 0. The molecule has 1 aliphatic heterocycles. The number of halogens is 1. The van der Waals surface area contributed by atoms with Crippen molar-refractivity contribution in [2.24, 2.45) is 4.99 Å². The number of hydrogen-bond donors (Lipinski definition) is 2. The van der Waals surface area contributed by atoms with E-state index in [2.05, 4.69) is 32.5 Å². The standard InChI is InChI=1S/C12H19N3OS.HI/c1-13-12(14-7-10-4-6-17-9-10)15-8-11-3-2-5-16-11;/h4,6,9,11H,2-3,5,7-8H2,1H3,(H2,13,14,15);1H. The maximum absolute atomic E-state index is 5.55. The molecule has 0 bridgehead atoms. The van der Waals surface area contributed by atoms with E-state index in [4.69, 9.17) is 4.74 Å². The average molecular weight is 381 g/mol. The van der Waals surface area contributed by atoms with Gasteiger partial charge in [-0.3, -0.25) is 4.99 Å². The zero-order valence-corrected chi connectivity index (χ0v) is 13.7. The van der Waals surface area contributed by atoms with Gasteiger partial charge in [-0.25, -0.2) is 0 Å². The minimum atomic E-state index is 0. The Morgan fingerprint density at radius 2 is 2.44 bits per heavy atom. The third-order valence-electron chi connectivity index (χ3n) is 2.78. The highest BCUT2D eigenvalue weighted by atomic mass is 127. The number of guanidine groups is 1. The molecule has 0 radical (unpaired) electrons. The first-order valence-electron chi connectivity index (χ1n) is 5.95. The highest BCUT2D eigenvalue weighted by molar-refractivity contribution is 14.0. The van der Waals surface area contributed by atoms with Gasteiger partial charge in [0.1, 0.15) is 0 Å². The second-order valence-electron chi connectivity index (χ2n) is 4.07. The smallest absolute Gasteiger partial charge is 0.191 e. The van der Waals surface area contributed by atoms with Crippen LogP contribution in [0.1, 0.15) is 18.4 Å². The minimum Gasteiger partial charge on any atom is -0.376 e. The van der Waals surface area contributed by atoms with E-state index < -0.39 is 0 Å². The number of rotatable bonds is 4. The van der Waals surface area contributed by atoms with Gasteiger partial charge in [0.25, 0.3) is 0 Å². The Bertz CT molecular complexity index is 350. The van der Waals surface area contributed by atoms with Gasteiger partial charge in [0.15, 0.2) is 5.96 Å². The summed E-state index contributed by atoms with van der Waals surface area (Å²) in [5, 5.41) is 10.8. The summed E-state index contributed by atoms with van der Waals surface area (Å²) in [4.78, 5) is 4.19. The highest BCUT2D eigenvalue weighted by Crippen LogP contribution is 2.10. The molecule has 1 aromatic rings. The molecule has 2 N–H and O–H groups in total. The molecule has 4 nitrogen and oxygen atoms in total. The molecule has 18 heavy (non-hydrogen) atoms. The largest absolute Gasteiger partial charge is 0.376 e. The van der Waals surface area contributed by atoms with Gasteiger partial charge in [0.2, 0.25) is 0 Å². The lowest BCUT2D eigenvalue weighted by molar-refractivity contribution is 0.114. The van der Waals surface area contributed by atoms with Crippen LogP contribution >= 0.6 is 35.3 Å². The topological polar surface area (TPSA) is 45.7 Å². The fourth-order valence-corrected chi connectivity index (χ4v) is 2.48. The molecule has 0 amide bonds. The molecule has 6 heteroatoms. The molecular formula is C12H20IN3OS. The van der Waals surface area contributed by atoms with E-state index in [1.54, 1.807) is 18.4 Å². The van der Waals surface area contributed by atoms with Crippen LogP contribution < -0.4 is 10.6 Å². The maximum Gasteiger partial charge on any atom is 0.191 e. The third-order valence-corrected chi connectivity index (χ3v) is 3.52. The SMILES string of the molecule is CN=C(NCc1ccsc1)NCC1CCCO1.I. The van der Waals surface area contributed by atoms with E-state index in [-0.39, 0.29) is 24.0 Å². The monoisotopic (exact) mass is 381 g/mol. The van der Waals surface area contributed by atoms with Gasteiger partial charge in [0.05, 0.1) is 6.10 Å². The molecule has 102 valence electrons.